The molecule has 0 aliphatic heterocycles. The van der Waals surface area contributed by atoms with E-state index in [-0.39, 0.29) is 19.1 Å². The smallest absolute Gasteiger partial charge is 0.268 e. The van der Waals surface area contributed by atoms with E-state index in [4.69, 9.17) is 9.05 Å². The molecule has 0 bridgehead atoms. The van der Waals surface area contributed by atoms with Gasteiger partial charge in [0.05, 0.1) is 39.9 Å². The van der Waals surface area contributed by atoms with Crippen LogP contribution in [0.1, 0.15) is 245 Å². The molecule has 3 atom stereocenters. The van der Waals surface area contributed by atoms with Crippen molar-refractivity contribution >= 4 is 13.7 Å². The standard InChI is InChI=1S/C49H99N2O6P/c1-6-8-10-12-14-16-17-18-19-20-21-22-23-24-25-26-27-28-29-30-31-32-33-35-37-39-41-43-49(53)50-47(46-57-58(54,55)56-45-44-51(3,4)5)48(52)42-40-38-36-34-15-13-11-9-7-2/h20-21,47-48,52H,6-19,22-46H2,1-5H3,(H-,50,53,54,55)/b21-20-. The molecule has 0 aliphatic carbocycles. The molecule has 0 fully saturated rings. The first-order valence-corrected chi connectivity index (χ1v) is 26.5. The molecule has 346 valence electrons. The minimum Gasteiger partial charge on any atom is -0.756 e. The number of allylic oxidation sites excluding steroid dienone is 2. The lowest BCUT2D eigenvalue weighted by molar-refractivity contribution is -0.870. The maximum Gasteiger partial charge on any atom is 0.268 e. The van der Waals surface area contributed by atoms with Gasteiger partial charge < -0.3 is 28.8 Å². The summed E-state index contributed by atoms with van der Waals surface area (Å²) in [6.07, 6.45) is 48.2. The second-order valence-electron chi connectivity index (χ2n) is 18.5. The van der Waals surface area contributed by atoms with Crippen molar-refractivity contribution < 1.29 is 32.9 Å². The Bertz CT molecular complexity index is 958. The van der Waals surface area contributed by atoms with Gasteiger partial charge in [-0.3, -0.25) is 9.36 Å². The van der Waals surface area contributed by atoms with Crippen LogP contribution in [0.4, 0.5) is 0 Å². The maximum atomic E-state index is 12.9. The molecule has 2 N–H and O–H groups in total. The third kappa shape index (κ3) is 43.3. The van der Waals surface area contributed by atoms with Gasteiger partial charge in [-0.1, -0.05) is 212 Å². The number of quaternary nitrogens is 1. The predicted octanol–water partition coefficient (Wildman–Crippen LogP) is 13.7. The molecule has 1 amide bonds. The number of hydrogen-bond acceptors (Lipinski definition) is 6. The zero-order valence-corrected chi connectivity index (χ0v) is 40.2. The molecule has 0 saturated heterocycles. The number of amides is 1. The van der Waals surface area contributed by atoms with Crippen LogP contribution in [0.2, 0.25) is 0 Å². The third-order valence-electron chi connectivity index (χ3n) is 11.5. The number of aliphatic hydroxyl groups excluding tert-OH is 1. The Kier molecular flexibility index (Phi) is 41.0. The van der Waals surface area contributed by atoms with Crippen molar-refractivity contribution in [3.8, 4) is 0 Å². The molecule has 0 aromatic heterocycles. The summed E-state index contributed by atoms with van der Waals surface area (Å²) >= 11 is 0. The van der Waals surface area contributed by atoms with Crippen molar-refractivity contribution in [2.45, 2.75) is 257 Å². The molecule has 0 spiro atoms. The lowest BCUT2D eigenvalue weighted by atomic mass is 10.0. The molecule has 0 rings (SSSR count). The summed E-state index contributed by atoms with van der Waals surface area (Å²) in [6.45, 7) is 4.71. The topological polar surface area (TPSA) is 108 Å². The summed E-state index contributed by atoms with van der Waals surface area (Å²) < 4.78 is 23.2. The number of hydrogen-bond donors (Lipinski definition) is 2. The number of nitrogens with one attached hydrogen (secondary N) is 1. The van der Waals surface area contributed by atoms with Crippen molar-refractivity contribution in [2.75, 3.05) is 40.9 Å². The van der Waals surface area contributed by atoms with Crippen LogP contribution in [-0.2, 0) is 18.4 Å². The Morgan fingerprint density at radius 1 is 0.586 bits per heavy atom. The van der Waals surface area contributed by atoms with Crippen molar-refractivity contribution in [3.05, 3.63) is 12.2 Å². The first kappa shape index (κ1) is 57.2. The highest BCUT2D eigenvalue weighted by Gasteiger charge is 2.24. The Labute approximate surface area is 361 Å². The molecular formula is C49H99N2O6P. The van der Waals surface area contributed by atoms with Gasteiger partial charge >= 0.3 is 0 Å². The van der Waals surface area contributed by atoms with Crippen LogP contribution < -0.4 is 10.2 Å². The molecular weight excluding hydrogens is 744 g/mol. The van der Waals surface area contributed by atoms with Crippen LogP contribution in [0.5, 0.6) is 0 Å². The minimum atomic E-state index is -4.56. The second kappa shape index (κ2) is 41.6. The van der Waals surface area contributed by atoms with Crippen molar-refractivity contribution in [3.63, 3.8) is 0 Å². The highest BCUT2D eigenvalue weighted by atomic mass is 31.2. The Hall–Kier alpha value is -0.760. The van der Waals surface area contributed by atoms with Gasteiger partial charge in [0.15, 0.2) is 0 Å². The van der Waals surface area contributed by atoms with Gasteiger partial charge in [-0.2, -0.15) is 0 Å². The van der Waals surface area contributed by atoms with E-state index in [9.17, 15) is 19.4 Å². The van der Waals surface area contributed by atoms with Gasteiger partial charge in [-0.05, 0) is 38.5 Å². The first-order chi connectivity index (χ1) is 28.0. The Morgan fingerprint density at radius 3 is 1.34 bits per heavy atom. The number of phosphoric ester groups is 1. The summed E-state index contributed by atoms with van der Waals surface area (Å²) in [5.74, 6) is -0.164. The van der Waals surface area contributed by atoms with E-state index in [0.717, 1.165) is 38.5 Å². The van der Waals surface area contributed by atoms with Gasteiger partial charge in [0, 0.05) is 6.42 Å². The number of carbonyl (C=O) groups excluding carboxylic acids is 1. The highest BCUT2D eigenvalue weighted by molar-refractivity contribution is 7.45. The SMILES string of the molecule is CCCCCCCCCC/C=C\CCCCCCCCCCCCCCCCCC(=O)NC(COP(=O)([O-])OCC[N+](C)(C)C)C(O)CCCCCCCCCCC. The molecule has 0 aliphatic rings. The number of phosphoric acid groups is 1. The molecule has 0 aromatic rings. The van der Waals surface area contributed by atoms with Crippen molar-refractivity contribution in [1.29, 1.82) is 0 Å². The second-order valence-corrected chi connectivity index (χ2v) is 19.9. The van der Waals surface area contributed by atoms with E-state index in [1.54, 1.807) is 0 Å². The molecule has 3 unspecified atom stereocenters. The number of carbonyl (C=O) groups is 1. The Balaban J connectivity index is 4.01. The summed E-state index contributed by atoms with van der Waals surface area (Å²) in [6, 6.07) is -0.794. The predicted molar refractivity (Wildman–Crippen MR) is 247 cm³/mol. The number of unbranched alkanes of at least 4 members (excludes halogenated alkanes) is 31. The summed E-state index contributed by atoms with van der Waals surface area (Å²) in [4.78, 5) is 25.3. The van der Waals surface area contributed by atoms with Gasteiger partial charge in [-0.15, -0.1) is 0 Å². The molecule has 0 radical (unpaired) electrons. The highest BCUT2D eigenvalue weighted by Crippen LogP contribution is 2.38. The molecule has 8 nitrogen and oxygen atoms in total. The van der Waals surface area contributed by atoms with E-state index in [1.807, 2.05) is 21.1 Å². The molecule has 0 aromatic carbocycles. The van der Waals surface area contributed by atoms with Crippen LogP contribution in [0, 0.1) is 0 Å². The van der Waals surface area contributed by atoms with E-state index in [1.165, 1.54) is 180 Å². The first-order valence-electron chi connectivity index (χ1n) is 25.0. The number of aliphatic hydroxyl groups is 1. The minimum absolute atomic E-state index is 0.0144. The lowest BCUT2D eigenvalue weighted by Gasteiger charge is -2.30. The van der Waals surface area contributed by atoms with Gasteiger partial charge in [0.2, 0.25) is 5.91 Å². The largest absolute Gasteiger partial charge is 0.756 e. The zero-order chi connectivity index (χ0) is 42.8. The lowest BCUT2D eigenvalue weighted by Crippen LogP contribution is -2.46. The maximum absolute atomic E-state index is 12.9. The van der Waals surface area contributed by atoms with E-state index < -0.39 is 20.0 Å². The molecule has 0 saturated carbocycles. The van der Waals surface area contributed by atoms with Crippen molar-refractivity contribution in [1.82, 2.24) is 5.32 Å². The van der Waals surface area contributed by atoms with Crippen LogP contribution in [0.3, 0.4) is 0 Å². The summed E-state index contributed by atoms with van der Waals surface area (Å²) in [5, 5.41) is 13.9. The number of likely N-dealkylation sites (N-methyl/N-ethyl adjacent to an activating group) is 1. The average Bonchev–Trinajstić information content (AvgIpc) is 3.17. The summed E-state index contributed by atoms with van der Waals surface area (Å²) in [5.41, 5.74) is 0. The average molecular weight is 843 g/mol. The van der Waals surface area contributed by atoms with Gasteiger partial charge in [0.1, 0.15) is 13.2 Å². The van der Waals surface area contributed by atoms with Crippen molar-refractivity contribution in [2.24, 2.45) is 0 Å². The number of nitrogens with zero attached hydrogens (tertiary/aromatic N) is 1. The fourth-order valence-corrected chi connectivity index (χ4v) is 8.23. The van der Waals surface area contributed by atoms with Crippen LogP contribution in [-0.4, -0.2) is 68.5 Å². The third-order valence-corrected chi connectivity index (χ3v) is 12.5. The molecule has 9 heteroatoms. The molecule has 0 heterocycles. The van der Waals surface area contributed by atoms with E-state index >= 15 is 0 Å². The molecule has 58 heavy (non-hydrogen) atoms. The fraction of sp³-hybridized carbons (Fsp3) is 0.939. The quantitative estimate of drug-likeness (QED) is 0.0273. The van der Waals surface area contributed by atoms with E-state index in [0.29, 0.717) is 23.9 Å². The fourth-order valence-electron chi connectivity index (χ4n) is 7.51. The van der Waals surface area contributed by atoms with E-state index in [2.05, 4.69) is 31.3 Å². The van der Waals surface area contributed by atoms with Crippen LogP contribution in [0.25, 0.3) is 0 Å². The van der Waals surface area contributed by atoms with Gasteiger partial charge in [0.25, 0.3) is 7.82 Å². The van der Waals surface area contributed by atoms with Gasteiger partial charge in [-0.25, -0.2) is 0 Å². The number of rotatable bonds is 46. The van der Waals surface area contributed by atoms with Crippen LogP contribution in [0.15, 0.2) is 12.2 Å². The van der Waals surface area contributed by atoms with Crippen LogP contribution >= 0.6 is 7.82 Å². The monoisotopic (exact) mass is 843 g/mol. The Morgan fingerprint density at radius 2 is 0.948 bits per heavy atom. The summed E-state index contributed by atoms with van der Waals surface area (Å²) in [7, 11) is 1.31. The normalized spacial score (nSPS) is 14.3. The zero-order valence-electron chi connectivity index (χ0n) is 39.3.